The van der Waals surface area contributed by atoms with Crippen molar-refractivity contribution in [2.45, 2.75) is 18.5 Å². The maximum Gasteiger partial charge on any atom is 0.331 e. The Balaban J connectivity index is 1.56. The van der Waals surface area contributed by atoms with Crippen LogP contribution in [-0.2, 0) is 23.1 Å². The van der Waals surface area contributed by atoms with Crippen LogP contribution in [0, 0.1) is 0 Å². The number of carbonyl (C=O) groups is 3. The first-order valence-electron chi connectivity index (χ1n) is 12.5. The number of amides is 2. The predicted octanol–water partition coefficient (Wildman–Crippen LogP) is 2.17. The number of fused-ring (bicyclic) bond motifs is 1. The summed E-state index contributed by atoms with van der Waals surface area (Å²) in [4.78, 5) is 64.6. The fraction of sp³-hybridized carbons (Fsp3) is 0.207. The quantitative estimate of drug-likeness (QED) is 0.189. The van der Waals surface area contributed by atoms with Gasteiger partial charge in [-0.2, -0.15) is 0 Å². The normalized spacial score (nSPS) is 12.4. The largest absolute Gasteiger partial charge is 0.480 e. The monoisotopic (exact) mass is 560 g/mol. The van der Waals surface area contributed by atoms with Gasteiger partial charge in [-0.05, 0) is 29.8 Å². The smallest absolute Gasteiger partial charge is 0.331 e. The number of benzene rings is 3. The molecule has 206 valence electrons. The molecule has 3 aromatic carbocycles. The fourth-order valence-corrected chi connectivity index (χ4v) is 5.08. The lowest BCUT2D eigenvalue weighted by molar-refractivity contribution is -0.141. The van der Waals surface area contributed by atoms with Crippen molar-refractivity contribution in [2.24, 2.45) is 7.05 Å². The molecule has 1 heterocycles. The van der Waals surface area contributed by atoms with Gasteiger partial charge < -0.3 is 15.7 Å². The Labute approximate surface area is 233 Å². The first-order valence-corrected chi connectivity index (χ1v) is 13.6. The molecule has 0 aliphatic rings. The summed E-state index contributed by atoms with van der Waals surface area (Å²) in [5, 5.41) is 15.2. The molecule has 4 rings (SSSR count). The summed E-state index contributed by atoms with van der Waals surface area (Å²) in [7, 11) is 1.51. The summed E-state index contributed by atoms with van der Waals surface area (Å²) in [6.07, 6.45) is -0.00717. The Bertz CT molecular complexity index is 1640. The minimum atomic E-state index is -1.33. The van der Waals surface area contributed by atoms with Crippen LogP contribution in [0.3, 0.4) is 0 Å². The molecule has 0 fully saturated rings. The van der Waals surface area contributed by atoms with E-state index < -0.39 is 35.2 Å². The van der Waals surface area contributed by atoms with Gasteiger partial charge in [-0.1, -0.05) is 60.7 Å². The molecule has 10 nitrogen and oxygen atoms in total. The standard InChI is InChI=1S/C29H28N4O6S/c1-32-23-15-9-8-14-21(23)27(36)33(29(32)39)24(16-19-10-4-2-5-11-19)26(35)31-22(28(37)38)17-40-18-30-25(34)20-12-6-3-7-13-20/h2-15,22,24H,16-18H2,1H3,(H,30,34)(H,31,35)(H,37,38)/t22-,24-/m0/s1. The Morgan fingerprint density at radius 1 is 0.900 bits per heavy atom. The Kier molecular flexibility index (Phi) is 9.18. The number of hydrogen-bond acceptors (Lipinski definition) is 6. The molecule has 0 aliphatic heterocycles. The van der Waals surface area contributed by atoms with Crippen molar-refractivity contribution < 1.29 is 19.5 Å². The maximum atomic E-state index is 13.6. The molecule has 0 unspecified atom stereocenters. The van der Waals surface area contributed by atoms with Crippen LogP contribution in [0.25, 0.3) is 10.9 Å². The van der Waals surface area contributed by atoms with E-state index in [1.165, 1.54) is 11.6 Å². The molecule has 0 aliphatic carbocycles. The van der Waals surface area contributed by atoms with Crippen LogP contribution in [-0.4, -0.2) is 49.7 Å². The number of aryl methyl sites for hydroxylation is 1. The molecule has 2 atom stereocenters. The van der Waals surface area contributed by atoms with Gasteiger partial charge in [-0.15, -0.1) is 11.8 Å². The molecule has 3 N–H and O–H groups in total. The van der Waals surface area contributed by atoms with E-state index in [0.29, 0.717) is 16.6 Å². The van der Waals surface area contributed by atoms with Gasteiger partial charge in [0.15, 0.2) is 0 Å². The number of para-hydroxylation sites is 1. The van der Waals surface area contributed by atoms with E-state index in [2.05, 4.69) is 10.6 Å². The second-order valence-corrected chi connectivity index (χ2v) is 10.1. The summed E-state index contributed by atoms with van der Waals surface area (Å²) >= 11 is 1.11. The molecular weight excluding hydrogens is 532 g/mol. The molecule has 11 heteroatoms. The molecule has 4 aromatic rings. The van der Waals surface area contributed by atoms with E-state index in [9.17, 15) is 29.1 Å². The van der Waals surface area contributed by atoms with Gasteiger partial charge in [0.2, 0.25) is 5.91 Å². The van der Waals surface area contributed by atoms with Crippen molar-refractivity contribution >= 4 is 40.4 Å². The molecule has 0 saturated carbocycles. The maximum absolute atomic E-state index is 13.6. The van der Waals surface area contributed by atoms with Crippen molar-refractivity contribution in [3.63, 3.8) is 0 Å². The molecule has 40 heavy (non-hydrogen) atoms. The van der Waals surface area contributed by atoms with Crippen LogP contribution in [0.15, 0.2) is 94.5 Å². The van der Waals surface area contributed by atoms with E-state index in [1.807, 2.05) is 0 Å². The van der Waals surface area contributed by atoms with Gasteiger partial charge in [0.25, 0.3) is 11.5 Å². The SMILES string of the molecule is Cn1c(=O)n([C@@H](Cc2ccccc2)C(=O)N[C@@H](CSCNC(=O)c2ccccc2)C(=O)O)c(=O)c2ccccc21. The van der Waals surface area contributed by atoms with Crippen molar-refractivity contribution in [3.05, 3.63) is 117 Å². The highest BCUT2D eigenvalue weighted by Crippen LogP contribution is 2.15. The van der Waals surface area contributed by atoms with Crippen LogP contribution >= 0.6 is 11.8 Å². The molecule has 0 radical (unpaired) electrons. The number of aliphatic carboxylic acids is 1. The van der Waals surface area contributed by atoms with E-state index in [0.717, 1.165) is 16.3 Å². The summed E-state index contributed by atoms with van der Waals surface area (Å²) in [5.74, 6) is -2.31. The minimum Gasteiger partial charge on any atom is -0.480 e. The predicted molar refractivity (Wildman–Crippen MR) is 153 cm³/mol. The molecule has 0 spiro atoms. The highest BCUT2D eigenvalue weighted by Gasteiger charge is 2.30. The highest BCUT2D eigenvalue weighted by molar-refractivity contribution is 7.99. The number of carboxylic acids is 1. The molecule has 0 saturated heterocycles. The zero-order valence-corrected chi connectivity index (χ0v) is 22.5. The van der Waals surface area contributed by atoms with Gasteiger partial charge in [0.05, 0.1) is 16.8 Å². The summed E-state index contributed by atoms with van der Waals surface area (Å²) in [6, 6.07) is 21.4. The van der Waals surface area contributed by atoms with E-state index in [4.69, 9.17) is 0 Å². The lowest BCUT2D eigenvalue weighted by Crippen LogP contribution is -2.51. The Morgan fingerprint density at radius 3 is 2.20 bits per heavy atom. The van der Waals surface area contributed by atoms with Gasteiger partial charge in [0.1, 0.15) is 12.1 Å². The minimum absolute atomic E-state index is 0.00717. The lowest BCUT2D eigenvalue weighted by atomic mass is 10.0. The Hall–Kier alpha value is -4.64. The van der Waals surface area contributed by atoms with Crippen LogP contribution in [0.5, 0.6) is 0 Å². The van der Waals surface area contributed by atoms with Crippen LogP contribution in [0.4, 0.5) is 0 Å². The molecular formula is C29H28N4O6S. The topological polar surface area (TPSA) is 140 Å². The van der Waals surface area contributed by atoms with Gasteiger partial charge in [-0.25, -0.2) is 14.2 Å². The van der Waals surface area contributed by atoms with Gasteiger partial charge >= 0.3 is 11.7 Å². The van der Waals surface area contributed by atoms with E-state index in [-0.39, 0.29) is 29.3 Å². The number of nitrogens with zero attached hydrogens (tertiary/aromatic N) is 2. The zero-order chi connectivity index (χ0) is 28.6. The zero-order valence-electron chi connectivity index (χ0n) is 21.7. The van der Waals surface area contributed by atoms with E-state index >= 15 is 0 Å². The first kappa shape index (κ1) is 28.4. The fourth-order valence-electron chi connectivity index (χ4n) is 4.27. The van der Waals surface area contributed by atoms with Crippen LogP contribution in [0.2, 0.25) is 0 Å². The second-order valence-electron chi connectivity index (χ2n) is 9.03. The Morgan fingerprint density at radius 2 is 1.52 bits per heavy atom. The lowest BCUT2D eigenvalue weighted by Gasteiger charge is -2.23. The summed E-state index contributed by atoms with van der Waals surface area (Å²) in [5.41, 5.74) is 0.251. The van der Waals surface area contributed by atoms with Gasteiger partial charge in [0, 0.05) is 24.8 Å². The number of rotatable bonds is 11. The second kappa shape index (κ2) is 12.9. The number of aromatic nitrogens is 2. The van der Waals surface area contributed by atoms with Crippen LogP contribution < -0.4 is 21.9 Å². The number of nitrogens with one attached hydrogen (secondary N) is 2. The highest BCUT2D eigenvalue weighted by atomic mass is 32.2. The third-order valence-corrected chi connectivity index (χ3v) is 7.28. The van der Waals surface area contributed by atoms with Crippen molar-refractivity contribution in [2.75, 3.05) is 11.6 Å². The van der Waals surface area contributed by atoms with Crippen molar-refractivity contribution in [1.82, 2.24) is 19.8 Å². The molecule has 1 aromatic heterocycles. The molecule has 0 bridgehead atoms. The third-order valence-electron chi connectivity index (χ3n) is 6.36. The number of carbonyl (C=O) groups excluding carboxylic acids is 2. The number of hydrogen-bond donors (Lipinski definition) is 3. The summed E-state index contributed by atoms with van der Waals surface area (Å²) in [6.45, 7) is 0. The molecule has 2 amide bonds. The number of thioether (sulfide) groups is 1. The average Bonchev–Trinajstić information content (AvgIpc) is 2.97. The van der Waals surface area contributed by atoms with Crippen molar-refractivity contribution in [3.8, 4) is 0 Å². The van der Waals surface area contributed by atoms with Crippen molar-refractivity contribution in [1.29, 1.82) is 0 Å². The summed E-state index contributed by atoms with van der Waals surface area (Å²) < 4.78 is 2.18. The van der Waals surface area contributed by atoms with Crippen LogP contribution in [0.1, 0.15) is 22.0 Å². The van der Waals surface area contributed by atoms with Gasteiger partial charge in [-0.3, -0.25) is 19.0 Å². The third kappa shape index (κ3) is 6.49. The first-order chi connectivity index (χ1) is 19.3. The van der Waals surface area contributed by atoms with E-state index in [1.54, 1.807) is 84.9 Å². The average molecular weight is 561 g/mol. The number of carboxylic acid groups (broad SMARTS) is 1.